The lowest BCUT2D eigenvalue weighted by molar-refractivity contribution is 0.282. The van der Waals surface area contributed by atoms with Crippen LogP contribution in [0.25, 0.3) is 0 Å². The molecule has 0 spiro atoms. The molecule has 0 aromatic heterocycles. The van der Waals surface area contributed by atoms with Gasteiger partial charge in [-0.05, 0) is 18.2 Å². The Labute approximate surface area is 123 Å². The fourth-order valence-corrected chi connectivity index (χ4v) is 2.15. The van der Waals surface area contributed by atoms with Crippen molar-refractivity contribution in [1.82, 2.24) is 0 Å². The van der Waals surface area contributed by atoms with Gasteiger partial charge in [-0.3, -0.25) is 0 Å². The van der Waals surface area contributed by atoms with Gasteiger partial charge in [-0.2, -0.15) is 0 Å². The van der Waals surface area contributed by atoms with Crippen LogP contribution in [0.4, 0.5) is 8.78 Å². The number of hydrogen-bond donors (Lipinski definition) is 0. The molecule has 0 aliphatic rings. The molecule has 0 bridgehead atoms. The summed E-state index contributed by atoms with van der Waals surface area (Å²) in [7, 11) is 0. The summed E-state index contributed by atoms with van der Waals surface area (Å²) in [6.07, 6.45) is 0. The van der Waals surface area contributed by atoms with Gasteiger partial charge in [-0.15, -0.1) is 11.6 Å². The fourth-order valence-electron chi connectivity index (χ4n) is 1.61. The summed E-state index contributed by atoms with van der Waals surface area (Å²) in [5.74, 6) is -0.704. The predicted octanol–water partition coefficient (Wildman–Crippen LogP) is 5.05. The summed E-state index contributed by atoms with van der Waals surface area (Å²) >= 11 is 8.88. The molecular weight excluding hydrogens is 338 g/mol. The number of hydrogen-bond acceptors (Lipinski definition) is 1. The number of ether oxygens (including phenoxy) is 1. The molecular formula is C14H10BrClF2O. The van der Waals surface area contributed by atoms with Gasteiger partial charge in [0.2, 0.25) is 0 Å². The maximum Gasteiger partial charge on any atom is 0.165 e. The normalized spacial score (nSPS) is 10.5. The van der Waals surface area contributed by atoms with Crippen molar-refractivity contribution < 1.29 is 13.5 Å². The van der Waals surface area contributed by atoms with Crippen LogP contribution in [0.2, 0.25) is 0 Å². The minimum absolute atomic E-state index is 0.0517. The van der Waals surface area contributed by atoms with E-state index in [0.717, 1.165) is 0 Å². The number of rotatable bonds is 4. The van der Waals surface area contributed by atoms with Crippen molar-refractivity contribution in [2.24, 2.45) is 0 Å². The van der Waals surface area contributed by atoms with Crippen LogP contribution < -0.4 is 4.74 Å². The minimum atomic E-state index is -0.504. The molecule has 0 amide bonds. The Bertz CT molecular complexity index is 590. The van der Waals surface area contributed by atoms with E-state index in [1.54, 1.807) is 24.3 Å². The SMILES string of the molecule is Fc1cc(Br)ccc1COc1c(F)cccc1CCl. The van der Waals surface area contributed by atoms with Crippen LogP contribution in [0.5, 0.6) is 5.75 Å². The van der Waals surface area contributed by atoms with Crippen LogP contribution in [-0.2, 0) is 12.5 Å². The second-order valence-corrected chi connectivity index (χ2v) is 5.07. The summed E-state index contributed by atoms with van der Waals surface area (Å²) in [6, 6.07) is 9.13. The van der Waals surface area contributed by atoms with Crippen molar-refractivity contribution in [3.63, 3.8) is 0 Å². The number of benzene rings is 2. The average molecular weight is 348 g/mol. The summed E-state index contributed by atoms with van der Waals surface area (Å²) < 4.78 is 33.2. The van der Waals surface area contributed by atoms with E-state index in [4.69, 9.17) is 16.3 Å². The van der Waals surface area contributed by atoms with Gasteiger partial charge < -0.3 is 4.74 Å². The molecule has 0 radical (unpaired) electrons. The van der Waals surface area contributed by atoms with Gasteiger partial charge in [0.15, 0.2) is 11.6 Å². The van der Waals surface area contributed by atoms with Gasteiger partial charge in [-0.1, -0.05) is 34.1 Å². The molecule has 2 rings (SSSR count). The van der Waals surface area contributed by atoms with Crippen LogP contribution in [0.15, 0.2) is 40.9 Å². The molecule has 0 aliphatic heterocycles. The van der Waals surface area contributed by atoms with E-state index in [0.29, 0.717) is 15.6 Å². The van der Waals surface area contributed by atoms with Gasteiger partial charge in [0, 0.05) is 15.6 Å². The van der Waals surface area contributed by atoms with Crippen LogP contribution >= 0.6 is 27.5 Å². The van der Waals surface area contributed by atoms with E-state index < -0.39 is 11.6 Å². The zero-order valence-electron chi connectivity index (χ0n) is 9.80. The molecule has 2 aromatic carbocycles. The zero-order chi connectivity index (χ0) is 13.8. The molecule has 0 saturated carbocycles. The standard InChI is InChI=1S/C14H10BrClF2O/c15-11-5-4-10(13(18)6-11)8-19-14-9(7-16)2-1-3-12(14)17/h1-6H,7-8H2. The van der Waals surface area contributed by atoms with Gasteiger partial charge in [0.05, 0.1) is 5.88 Å². The average Bonchev–Trinajstić information content (AvgIpc) is 2.39. The van der Waals surface area contributed by atoms with Crippen LogP contribution in [0.3, 0.4) is 0 Å². The van der Waals surface area contributed by atoms with E-state index in [2.05, 4.69) is 15.9 Å². The highest BCUT2D eigenvalue weighted by molar-refractivity contribution is 9.10. The topological polar surface area (TPSA) is 9.23 Å². The van der Waals surface area contributed by atoms with Crippen molar-refractivity contribution >= 4 is 27.5 Å². The van der Waals surface area contributed by atoms with E-state index in [1.165, 1.54) is 12.1 Å². The van der Waals surface area contributed by atoms with E-state index >= 15 is 0 Å². The van der Waals surface area contributed by atoms with Crippen molar-refractivity contribution in [1.29, 1.82) is 0 Å². The summed E-state index contributed by atoms with van der Waals surface area (Å²) in [4.78, 5) is 0. The first-order valence-corrected chi connectivity index (χ1v) is 6.84. The molecule has 2 aromatic rings. The van der Waals surface area contributed by atoms with E-state index in [9.17, 15) is 8.78 Å². The molecule has 100 valence electrons. The van der Waals surface area contributed by atoms with Gasteiger partial charge in [0.25, 0.3) is 0 Å². The van der Waals surface area contributed by atoms with Crippen LogP contribution in [0.1, 0.15) is 11.1 Å². The van der Waals surface area contributed by atoms with E-state index in [-0.39, 0.29) is 18.2 Å². The zero-order valence-corrected chi connectivity index (χ0v) is 12.1. The smallest absolute Gasteiger partial charge is 0.165 e. The summed E-state index contributed by atoms with van der Waals surface area (Å²) in [5.41, 5.74) is 0.895. The molecule has 1 nitrogen and oxygen atoms in total. The second-order valence-electron chi connectivity index (χ2n) is 3.89. The lowest BCUT2D eigenvalue weighted by Gasteiger charge is -2.11. The molecule has 0 aliphatic carbocycles. The van der Waals surface area contributed by atoms with Crippen molar-refractivity contribution in [3.05, 3.63) is 63.6 Å². The van der Waals surface area contributed by atoms with E-state index in [1.807, 2.05) is 0 Å². The molecule has 19 heavy (non-hydrogen) atoms. The van der Waals surface area contributed by atoms with Gasteiger partial charge in [-0.25, -0.2) is 8.78 Å². The largest absolute Gasteiger partial charge is 0.485 e. The molecule has 0 N–H and O–H groups in total. The maximum atomic E-state index is 13.6. The number of alkyl halides is 1. The lowest BCUT2D eigenvalue weighted by atomic mass is 10.2. The minimum Gasteiger partial charge on any atom is -0.485 e. The Morgan fingerprint density at radius 3 is 2.53 bits per heavy atom. The molecule has 0 heterocycles. The second kappa shape index (κ2) is 6.35. The third kappa shape index (κ3) is 3.45. The Morgan fingerprint density at radius 1 is 1.05 bits per heavy atom. The Morgan fingerprint density at radius 2 is 1.84 bits per heavy atom. The van der Waals surface area contributed by atoms with Crippen molar-refractivity contribution in [2.75, 3.05) is 0 Å². The van der Waals surface area contributed by atoms with Crippen LogP contribution in [0, 0.1) is 11.6 Å². The monoisotopic (exact) mass is 346 g/mol. The number of para-hydroxylation sites is 1. The quantitative estimate of drug-likeness (QED) is 0.704. The molecule has 0 unspecified atom stereocenters. The highest BCUT2D eigenvalue weighted by atomic mass is 79.9. The number of halogens is 4. The fraction of sp³-hybridized carbons (Fsp3) is 0.143. The highest BCUT2D eigenvalue weighted by Gasteiger charge is 2.11. The summed E-state index contributed by atoms with van der Waals surface area (Å²) in [6.45, 7) is -0.0517. The van der Waals surface area contributed by atoms with Crippen molar-refractivity contribution in [2.45, 2.75) is 12.5 Å². The maximum absolute atomic E-state index is 13.6. The summed E-state index contributed by atoms with van der Waals surface area (Å²) in [5, 5.41) is 0. The lowest BCUT2D eigenvalue weighted by Crippen LogP contribution is -2.02. The molecule has 0 atom stereocenters. The first-order chi connectivity index (χ1) is 9.11. The third-order valence-corrected chi connectivity index (χ3v) is 3.36. The van der Waals surface area contributed by atoms with Crippen LogP contribution in [-0.4, -0.2) is 0 Å². The molecule has 5 heteroatoms. The van der Waals surface area contributed by atoms with Gasteiger partial charge >= 0.3 is 0 Å². The van der Waals surface area contributed by atoms with Crippen molar-refractivity contribution in [3.8, 4) is 5.75 Å². The predicted molar refractivity (Wildman–Crippen MR) is 74.4 cm³/mol. The molecule has 0 fully saturated rings. The Kier molecular flexibility index (Phi) is 4.77. The highest BCUT2D eigenvalue weighted by Crippen LogP contribution is 2.26. The molecule has 0 saturated heterocycles. The Balaban J connectivity index is 2.19. The Hall–Kier alpha value is -1.13. The van der Waals surface area contributed by atoms with Gasteiger partial charge in [0.1, 0.15) is 12.4 Å². The first-order valence-electron chi connectivity index (χ1n) is 5.52. The first kappa shape index (κ1) is 14.3. The third-order valence-electron chi connectivity index (χ3n) is 2.58.